The number of aromatic carboxylic acids is 1. The second-order valence-corrected chi connectivity index (χ2v) is 4.93. The normalized spacial score (nSPS) is 10.1. The molecule has 1 heterocycles. The van der Waals surface area contributed by atoms with Crippen molar-refractivity contribution in [3.63, 3.8) is 0 Å². The van der Waals surface area contributed by atoms with E-state index in [1.54, 1.807) is 6.07 Å². The number of carboxylic acids is 1. The Morgan fingerprint density at radius 3 is 2.76 bits per heavy atom. The summed E-state index contributed by atoms with van der Waals surface area (Å²) in [5, 5.41) is 11.4. The molecule has 2 rings (SSSR count). The number of halogens is 1. The monoisotopic (exact) mass is 351 g/mol. The Hall–Kier alpha value is -2.48. The Labute approximate surface area is 127 Å². The number of carbonyl (C=O) groups is 2. The number of hydrogen-bond acceptors (Lipinski definition) is 4. The van der Waals surface area contributed by atoms with Crippen molar-refractivity contribution in [3.8, 4) is 0 Å². The van der Waals surface area contributed by atoms with Gasteiger partial charge >= 0.3 is 11.7 Å². The molecule has 0 aliphatic carbocycles. The lowest BCUT2D eigenvalue weighted by molar-refractivity contribution is -0.116. The van der Waals surface area contributed by atoms with Gasteiger partial charge in [0.1, 0.15) is 6.54 Å². The first kappa shape index (κ1) is 14.9. The Kier molecular flexibility index (Phi) is 4.49. The molecule has 0 saturated heterocycles. The topological polar surface area (TPSA) is 101 Å². The minimum atomic E-state index is -1.06. The molecule has 2 aromatic rings. The quantitative estimate of drug-likeness (QED) is 0.865. The molecule has 0 spiro atoms. The van der Waals surface area contributed by atoms with E-state index in [1.165, 1.54) is 30.6 Å². The number of aromatic nitrogens is 2. The van der Waals surface area contributed by atoms with E-state index in [1.807, 2.05) is 0 Å². The molecule has 0 fully saturated rings. The third-order valence-corrected chi connectivity index (χ3v) is 3.24. The lowest BCUT2D eigenvalue weighted by Crippen LogP contribution is -2.28. The van der Waals surface area contributed by atoms with Crippen LogP contribution in [0.4, 0.5) is 5.69 Å². The molecule has 2 N–H and O–H groups in total. The molecule has 1 aromatic carbocycles. The van der Waals surface area contributed by atoms with Crippen molar-refractivity contribution in [2.45, 2.75) is 6.54 Å². The van der Waals surface area contributed by atoms with Crippen molar-refractivity contribution >= 4 is 33.5 Å². The highest BCUT2D eigenvalue weighted by Gasteiger charge is 2.10. The minimum Gasteiger partial charge on any atom is -0.478 e. The number of carbonyl (C=O) groups excluding carboxylic acids is 1. The predicted molar refractivity (Wildman–Crippen MR) is 78.2 cm³/mol. The molecule has 0 aliphatic rings. The van der Waals surface area contributed by atoms with Crippen molar-refractivity contribution < 1.29 is 14.7 Å². The Morgan fingerprint density at radius 1 is 1.38 bits per heavy atom. The van der Waals surface area contributed by atoms with E-state index >= 15 is 0 Å². The van der Waals surface area contributed by atoms with Gasteiger partial charge in [0.25, 0.3) is 0 Å². The Balaban J connectivity index is 2.12. The van der Waals surface area contributed by atoms with Gasteiger partial charge in [-0.3, -0.25) is 9.36 Å². The van der Waals surface area contributed by atoms with E-state index < -0.39 is 17.6 Å². The largest absolute Gasteiger partial charge is 0.478 e. The first-order chi connectivity index (χ1) is 9.97. The van der Waals surface area contributed by atoms with Crippen LogP contribution in [0.25, 0.3) is 0 Å². The standard InChI is InChI=1S/C13H10BrN3O4/c14-9-6-8(12(19)20)2-3-10(9)16-11(18)7-17-5-1-4-15-13(17)21/h1-6H,7H2,(H,16,18)(H,19,20). The van der Waals surface area contributed by atoms with Gasteiger partial charge in [0.15, 0.2) is 0 Å². The summed E-state index contributed by atoms with van der Waals surface area (Å²) in [7, 11) is 0. The molecule has 0 saturated carbocycles. The van der Waals surface area contributed by atoms with Gasteiger partial charge in [0, 0.05) is 16.9 Å². The second-order valence-electron chi connectivity index (χ2n) is 4.08. The van der Waals surface area contributed by atoms with Gasteiger partial charge in [0.2, 0.25) is 5.91 Å². The molecule has 7 nitrogen and oxygen atoms in total. The molecule has 1 amide bonds. The smallest absolute Gasteiger partial charge is 0.347 e. The molecule has 0 radical (unpaired) electrons. The molecule has 108 valence electrons. The first-order valence-corrected chi connectivity index (χ1v) is 6.61. The summed E-state index contributed by atoms with van der Waals surface area (Å²) in [6.07, 6.45) is 2.80. The molecule has 0 aliphatic heterocycles. The maximum absolute atomic E-state index is 11.9. The van der Waals surface area contributed by atoms with E-state index in [4.69, 9.17) is 5.11 Å². The zero-order valence-corrected chi connectivity index (χ0v) is 12.2. The third kappa shape index (κ3) is 3.76. The summed E-state index contributed by atoms with van der Waals surface area (Å²) >= 11 is 3.18. The van der Waals surface area contributed by atoms with Gasteiger partial charge in [-0.2, -0.15) is 0 Å². The van der Waals surface area contributed by atoms with Gasteiger partial charge in [-0.05, 0) is 40.2 Å². The highest BCUT2D eigenvalue weighted by molar-refractivity contribution is 9.10. The number of rotatable bonds is 4. The zero-order chi connectivity index (χ0) is 15.4. The lowest BCUT2D eigenvalue weighted by atomic mass is 10.2. The van der Waals surface area contributed by atoms with E-state index in [9.17, 15) is 14.4 Å². The van der Waals surface area contributed by atoms with Crippen LogP contribution in [0.5, 0.6) is 0 Å². The summed E-state index contributed by atoms with van der Waals surface area (Å²) in [6, 6.07) is 5.77. The van der Waals surface area contributed by atoms with Crippen LogP contribution in [0.2, 0.25) is 0 Å². The van der Waals surface area contributed by atoms with E-state index in [2.05, 4.69) is 26.2 Å². The number of amides is 1. The molecule has 8 heteroatoms. The van der Waals surface area contributed by atoms with Gasteiger partial charge < -0.3 is 10.4 Å². The van der Waals surface area contributed by atoms with Crippen LogP contribution in [-0.4, -0.2) is 26.5 Å². The molecular formula is C13H10BrN3O4. The van der Waals surface area contributed by atoms with Crippen LogP contribution in [0.3, 0.4) is 0 Å². The maximum atomic E-state index is 11.9. The number of nitrogens with zero attached hydrogens (tertiary/aromatic N) is 2. The molecular weight excluding hydrogens is 342 g/mol. The predicted octanol–water partition coefficient (Wildman–Crippen LogP) is 1.34. The summed E-state index contributed by atoms with van der Waals surface area (Å²) in [5.74, 6) is -1.48. The fourth-order valence-electron chi connectivity index (χ4n) is 1.60. The van der Waals surface area contributed by atoms with E-state index in [0.717, 1.165) is 4.57 Å². The average Bonchev–Trinajstić information content (AvgIpc) is 2.43. The number of nitrogens with one attached hydrogen (secondary N) is 1. The summed E-state index contributed by atoms with van der Waals surface area (Å²) in [6.45, 7) is -0.181. The fraction of sp³-hybridized carbons (Fsp3) is 0.0769. The van der Waals surface area contributed by atoms with Crippen LogP contribution in [-0.2, 0) is 11.3 Å². The van der Waals surface area contributed by atoms with Crippen LogP contribution >= 0.6 is 15.9 Å². The van der Waals surface area contributed by atoms with Gasteiger partial charge in [-0.25, -0.2) is 14.6 Å². The van der Waals surface area contributed by atoms with Crippen LogP contribution in [0, 0.1) is 0 Å². The van der Waals surface area contributed by atoms with Crippen molar-refractivity contribution in [3.05, 3.63) is 57.2 Å². The Bertz CT molecular complexity index is 757. The first-order valence-electron chi connectivity index (χ1n) is 5.81. The molecule has 1 aromatic heterocycles. The second kappa shape index (κ2) is 6.31. The highest BCUT2D eigenvalue weighted by Crippen LogP contribution is 2.23. The third-order valence-electron chi connectivity index (χ3n) is 2.59. The number of hydrogen-bond donors (Lipinski definition) is 2. The maximum Gasteiger partial charge on any atom is 0.347 e. The molecule has 0 atom stereocenters. The number of benzene rings is 1. The SMILES string of the molecule is O=C(Cn1cccnc1=O)Nc1ccc(C(=O)O)cc1Br. The minimum absolute atomic E-state index is 0.100. The number of carboxylic acid groups (broad SMARTS) is 1. The van der Waals surface area contributed by atoms with Crippen molar-refractivity contribution in [1.82, 2.24) is 9.55 Å². The average molecular weight is 352 g/mol. The molecule has 21 heavy (non-hydrogen) atoms. The summed E-state index contributed by atoms with van der Waals surface area (Å²) in [4.78, 5) is 37.6. The Morgan fingerprint density at radius 2 is 2.14 bits per heavy atom. The fourth-order valence-corrected chi connectivity index (χ4v) is 2.08. The van der Waals surface area contributed by atoms with E-state index in [-0.39, 0.29) is 12.1 Å². The van der Waals surface area contributed by atoms with Gasteiger partial charge in [-0.1, -0.05) is 0 Å². The summed E-state index contributed by atoms with van der Waals surface area (Å²) in [5.41, 5.74) is -0.00164. The van der Waals surface area contributed by atoms with Gasteiger partial charge in [-0.15, -0.1) is 0 Å². The van der Waals surface area contributed by atoms with Crippen LogP contribution in [0.1, 0.15) is 10.4 Å². The zero-order valence-electron chi connectivity index (χ0n) is 10.6. The van der Waals surface area contributed by atoms with Crippen molar-refractivity contribution in [1.29, 1.82) is 0 Å². The van der Waals surface area contributed by atoms with Crippen LogP contribution in [0.15, 0.2) is 45.9 Å². The van der Waals surface area contributed by atoms with Gasteiger partial charge in [0.05, 0.1) is 11.3 Å². The molecule has 0 unspecified atom stereocenters. The van der Waals surface area contributed by atoms with Crippen molar-refractivity contribution in [2.24, 2.45) is 0 Å². The van der Waals surface area contributed by atoms with E-state index in [0.29, 0.717) is 10.2 Å². The summed E-state index contributed by atoms with van der Waals surface area (Å²) < 4.78 is 1.60. The highest BCUT2D eigenvalue weighted by atomic mass is 79.9. The lowest BCUT2D eigenvalue weighted by Gasteiger charge is -2.09. The molecule has 0 bridgehead atoms. The van der Waals surface area contributed by atoms with Crippen LogP contribution < -0.4 is 11.0 Å². The number of anilines is 1. The van der Waals surface area contributed by atoms with Crippen molar-refractivity contribution in [2.75, 3.05) is 5.32 Å².